The van der Waals surface area contributed by atoms with Gasteiger partial charge < -0.3 is 24.3 Å². The topological polar surface area (TPSA) is 61.3 Å². The number of ether oxygens (including phenoxy) is 4. The van der Waals surface area contributed by atoms with Crippen LogP contribution >= 0.6 is 0 Å². The zero-order valence-electron chi connectivity index (χ0n) is 10.9. The van der Waals surface area contributed by atoms with Crippen molar-refractivity contribution in [3.63, 3.8) is 0 Å². The average Bonchev–Trinajstić information content (AvgIpc) is 2.39. The standard InChI is InChI=1S/C12H24N2O4/c1-5-15-9-10-17-7-3-14-4-8-18-12-11-16-6-2-13-1/h1,14H,2-12H2/b13-1+. The van der Waals surface area contributed by atoms with Crippen molar-refractivity contribution in [2.75, 3.05) is 72.5 Å². The lowest BCUT2D eigenvalue weighted by molar-refractivity contribution is 0.0479. The van der Waals surface area contributed by atoms with Crippen LogP contribution in [0, 0.1) is 0 Å². The Morgan fingerprint density at radius 2 is 1.33 bits per heavy atom. The van der Waals surface area contributed by atoms with Crippen molar-refractivity contribution >= 4 is 6.21 Å². The molecule has 1 rings (SSSR count). The molecule has 0 radical (unpaired) electrons. The van der Waals surface area contributed by atoms with Crippen molar-refractivity contribution in [1.82, 2.24) is 5.32 Å². The van der Waals surface area contributed by atoms with Crippen LogP contribution in [0.15, 0.2) is 4.99 Å². The number of nitrogens with one attached hydrogen (secondary N) is 1. The summed E-state index contributed by atoms with van der Waals surface area (Å²) in [4.78, 5) is 4.17. The second-order valence-corrected chi connectivity index (χ2v) is 3.75. The first-order valence-corrected chi connectivity index (χ1v) is 6.50. The summed E-state index contributed by atoms with van der Waals surface area (Å²) in [5.41, 5.74) is 0. The molecule has 0 saturated heterocycles. The molecule has 0 aromatic carbocycles. The van der Waals surface area contributed by atoms with Crippen LogP contribution < -0.4 is 5.32 Å². The summed E-state index contributed by atoms with van der Waals surface area (Å²) in [6.45, 7) is 7.37. The predicted molar refractivity (Wildman–Crippen MR) is 69.5 cm³/mol. The molecular formula is C12H24N2O4. The first-order chi connectivity index (χ1) is 9.00. The summed E-state index contributed by atoms with van der Waals surface area (Å²) in [6.07, 6.45) is 1.77. The molecule has 0 fully saturated rings. The number of hydrogen-bond donors (Lipinski definition) is 1. The molecular weight excluding hydrogens is 236 g/mol. The van der Waals surface area contributed by atoms with E-state index in [0.717, 1.165) is 13.1 Å². The van der Waals surface area contributed by atoms with Crippen LogP contribution in [-0.2, 0) is 18.9 Å². The molecule has 1 aliphatic heterocycles. The van der Waals surface area contributed by atoms with Gasteiger partial charge in [-0.05, 0) is 0 Å². The normalized spacial score (nSPS) is 24.9. The molecule has 0 unspecified atom stereocenters. The lowest BCUT2D eigenvalue weighted by Gasteiger charge is -2.08. The zero-order valence-corrected chi connectivity index (χ0v) is 10.9. The van der Waals surface area contributed by atoms with Crippen molar-refractivity contribution in [3.05, 3.63) is 0 Å². The van der Waals surface area contributed by atoms with Gasteiger partial charge in [-0.25, -0.2) is 0 Å². The molecule has 6 heteroatoms. The van der Waals surface area contributed by atoms with Crippen molar-refractivity contribution in [2.24, 2.45) is 4.99 Å². The molecule has 0 atom stereocenters. The third kappa shape index (κ3) is 10.6. The molecule has 18 heavy (non-hydrogen) atoms. The minimum atomic E-state index is 0.532. The lowest BCUT2D eigenvalue weighted by atomic mass is 10.6. The summed E-state index contributed by atoms with van der Waals surface area (Å²) in [7, 11) is 0. The molecule has 1 N–H and O–H groups in total. The van der Waals surface area contributed by atoms with E-state index < -0.39 is 0 Å². The first kappa shape index (κ1) is 15.5. The third-order valence-electron chi connectivity index (χ3n) is 2.28. The van der Waals surface area contributed by atoms with E-state index in [1.165, 1.54) is 0 Å². The number of rotatable bonds is 0. The summed E-state index contributed by atoms with van der Waals surface area (Å²) < 4.78 is 21.5. The predicted octanol–water partition coefficient (Wildman–Crippen LogP) is -0.273. The second kappa shape index (κ2) is 12.9. The highest BCUT2D eigenvalue weighted by atomic mass is 16.5. The van der Waals surface area contributed by atoms with Crippen molar-refractivity contribution < 1.29 is 18.9 Å². The Kier molecular flexibility index (Phi) is 11.1. The van der Waals surface area contributed by atoms with E-state index in [0.29, 0.717) is 59.4 Å². The van der Waals surface area contributed by atoms with Crippen LogP contribution in [0.25, 0.3) is 0 Å². The van der Waals surface area contributed by atoms with Crippen LogP contribution in [0.1, 0.15) is 0 Å². The fourth-order valence-corrected chi connectivity index (χ4v) is 1.35. The van der Waals surface area contributed by atoms with Gasteiger partial charge in [0.25, 0.3) is 0 Å². The summed E-state index contributed by atoms with van der Waals surface area (Å²) in [6, 6.07) is 0. The van der Waals surface area contributed by atoms with E-state index in [4.69, 9.17) is 18.9 Å². The summed E-state index contributed by atoms with van der Waals surface area (Å²) in [5.74, 6) is 0. The van der Waals surface area contributed by atoms with Gasteiger partial charge in [0.1, 0.15) is 0 Å². The number of hydrogen-bond acceptors (Lipinski definition) is 6. The Balaban J connectivity index is 2.06. The molecule has 1 aliphatic rings. The lowest BCUT2D eigenvalue weighted by Crippen LogP contribution is -2.25. The Hall–Kier alpha value is -0.530. The maximum absolute atomic E-state index is 5.39. The smallest absolute Gasteiger partial charge is 0.0815 e. The van der Waals surface area contributed by atoms with Gasteiger partial charge in [-0.15, -0.1) is 0 Å². The molecule has 0 spiro atoms. The minimum absolute atomic E-state index is 0.532. The van der Waals surface area contributed by atoms with Crippen LogP contribution in [0.5, 0.6) is 0 Å². The minimum Gasteiger partial charge on any atom is -0.378 e. The van der Waals surface area contributed by atoms with E-state index in [1.54, 1.807) is 6.21 Å². The van der Waals surface area contributed by atoms with E-state index in [-0.39, 0.29) is 0 Å². The monoisotopic (exact) mass is 260 g/mol. The molecule has 0 aliphatic carbocycles. The maximum Gasteiger partial charge on any atom is 0.0815 e. The van der Waals surface area contributed by atoms with Crippen molar-refractivity contribution in [3.8, 4) is 0 Å². The molecule has 6 nitrogen and oxygen atoms in total. The van der Waals surface area contributed by atoms with Gasteiger partial charge in [-0.3, -0.25) is 4.99 Å². The number of aliphatic imine (C=N–C) groups is 1. The van der Waals surface area contributed by atoms with Crippen LogP contribution in [-0.4, -0.2) is 78.7 Å². The van der Waals surface area contributed by atoms with Crippen LogP contribution in [0.2, 0.25) is 0 Å². The van der Waals surface area contributed by atoms with E-state index >= 15 is 0 Å². The van der Waals surface area contributed by atoms with Crippen LogP contribution in [0.4, 0.5) is 0 Å². The first-order valence-electron chi connectivity index (χ1n) is 6.50. The van der Waals surface area contributed by atoms with E-state index in [9.17, 15) is 0 Å². The molecule has 0 saturated carbocycles. The Morgan fingerprint density at radius 1 is 0.722 bits per heavy atom. The number of nitrogens with zero attached hydrogens (tertiary/aromatic N) is 1. The van der Waals surface area contributed by atoms with Gasteiger partial charge in [0.15, 0.2) is 0 Å². The molecule has 106 valence electrons. The zero-order chi connectivity index (χ0) is 12.7. The fourth-order valence-electron chi connectivity index (χ4n) is 1.35. The second-order valence-electron chi connectivity index (χ2n) is 3.75. The molecule has 0 aromatic rings. The average molecular weight is 260 g/mol. The highest BCUT2D eigenvalue weighted by molar-refractivity contribution is 5.58. The van der Waals surface area contributed by atoms with Gasteiger partial charge in [-0.1, -0.05) is 0 Å². The van der Waals surface area contributed by atoms with Gasteiger partial charge in [-0.2, -0.15) is 0 Å². The summed E-state index contributed by atoms with van der Waals surface area (Å²) >= 11 is 0. The highest BCUT2D eigenvalue weighted by Gasteiger charge is 1.93. The SMILES string of the molecule is C1=N/CCOCCOCCNCCOCCOC/1. The van der Waals surface area contributed by atoms with Crippen molar-refractivity contribution in [1.29, 1.82) is 0 Å². The largest absolute Gasteiger partial charge is 0.378 e. The maximum atomic E-state index is 5.39. The van der Waals surface area contributed by atoms with Gasteiger partial charge in [0.05, 0.1) is 59.4 Å². The third-order valence-corrected chi connectivity index (χ3v) is 2.28. The van der Waals surface area contributed by atoms with Gasteiger partial charge >= 0.3 is 0 Å². The van der Waals surface area contributed by atoms with Gasteiger partial charge in [0.2, 0.25) is 0 Å². The highest BCUT2D eigenvalue weighted by Crippen LogP contribution is 1.82. The molecule has 0 bridgehead atoms. The Bertz CT molecular complexity index is 183. The summed E-state index contributed by atoms with van der Waals surface area (Å²) in [5, 5.41) is 3.24. The Labute approximate surface area is 109 Å². The molecule has 1 heterocycles. The quantitative estimate of drug-likeness (QED) is 0.649. The van der Waals surface area contributed by atoms with E-state index in [2.05, 4.69) is 10.3 Å². The van der Waals surface area contributed by atoms with Gasteiger partial charge in [0, 0.05) is 19.3 Å². The van der Waals surface area contributed by atoms with Crippen molar-refractivity contribution in [2.45, 2.75) is 0 Å². The Morgan fingerprint density at radius 3 is 2.06 bits per heavy atom. The van der Waals surface area contributed by atoms with E-state index in [1.807, 2.05) is 0 Å². The molecule has 0 aromatic heterocycles. The fraction of sp³-hybridized carbons (Fsp3) is 0.917. The van der Waals surface area contributed by atoms with Crippen LogP contribution in [0.3, 0.4) is 0 Å². The molecule has 0 amide bonds.